The molecule has 140 valence electrons. The lowest BCUT2D eigenvalue weighted by Gasteiger charge is -2.18. The fourth-order valence-electron chi connectivity index (χ4n) is 2.62. The summed E-state index contributed by atoms with van der Waals surface area (Å²) in [7, 11) is -0.914. The van der Waals surface area contributed by atoms with E-state index in [4.69, 9.17) is 4.74 Å². The van der Waals surface area contributed by atoms with Crippen LogP contribution in [0.1, 0.15) is 46.8 Å². The van der Waals surface area contributed by atoms with Gasteiger partial charge in [-0.25, -0.2) is 13.2 Å². The van der Waals surface area contributed by atoms with Crippen LogP contribution in [0.4, 0.5) is 0 Å². The molecule has 5 nitrogen and oxygen atoms in total. The van der Waals surface area contributed by atoms with E-state index in [1.807, 2.05) is 24.3 Å². The number of hydrogen-bond acceptors (Lipinski definition) is 4. The van der Waals surface area contributed by atoms with Crippen molar-refractivity contribution in [2.45, 2.75) is 38.1 Å². The van der Waals surface area contributed by atoms with Crippen LogP contribution >= 0.6 is 0 Å². The molecule has 0 atom stereocenters. The molecule has 0 aliphatic rings. The largest absolute Gasteiger partial charge is 0.465 e. The lowest BCUT2D eigenvalue weighted by molar-refractivity contribution is 0.0599. The van der Waals surface area contributed by atoms with E-state index in [-0.39, 0.29) is 17.0 Å². The maximum Gasteiger partial charge on any atom is 0.338 e. The summed E-state index contributed by atoms with van der Waals surface area (Å²) >= 11 is 0. The Hall–Kier alpha value is -2.18. The monoisotopic (exact) mass is 375 g/mol. The molecule has 0 aliphatic heterocycles. The first-order chi connectivity index (χ1) is 12.2. The molecular weight excluding hydrogens is 350 g/mol. The number of hydrogen-bond donors (Lipinski definition) is 0. The van der Waals surface area contributed by atoms with E-state index in [0.717, 1.165) is 5.56 Å². The third-order valence-electron chi connectivity index (χ3n) is 4.37. The highest BCUT2D eigenvalue weighted by Gasteiger charge is 2.23. The molecule has 0 amide bonds. The molecular formula is C20H25NO4S. The van der Waals surface area contributed by atoms with E-state index in [1.54, 1.807) is 13.0 Å². The number of carbonyl (C=O) groups excluding carboxylic acids is 1. The molecule has 0 unspecified atom stereocenters. The Labute approximate surface area is 155 Å². The van der Waals surface area contributed by atoms with Crippen molar-refractivity contribution >= 4 is 16.0 Å². The first-order valence-corrected chi connectivity index (χ1v) is 9.85. The van der Waals surface area contributed by atoms with Crippen molar-refractivity contribution in [3.63, 3.8) is 0 Å². The first kappa shape index (κ1) is 20.1. The van der Waals surface area contributed by atoms with Crippen LogP contribution in [-0.2, 0) is 21.3 Å². The molecule has 0 spiro atoms. The zero-order chi connectivity index (χ0) is 19.5. The molecule has 2 aromatic rings. The van der Waals surface area contributed by atoms with Gasteiger partial charge in [0, 0.05) is 13.6 Å². The number of esters is 1. The summed E-state index contributed by atoms with van der Waals surface area (Å²) in [5.41, 5.74) is 3.03. The second kappa shape index (κ2) is 8.01. The fourth-order valence-corrected chi connectivity index (χ4v) is 3.81. The van der Waals surface area contributed by atoms with Gasteiger partial charge in [-0.15, -0.1) is 0 Å². The highest BCUT2D eigenvalue weighted by Crippen LogP contribution is 2.22. The summed E-state index contributed by atoms with van der Waals surface area (Å²) in [4.78, 5) is 11.9. The van der Waals surface area contributed by atoms with Crippen molar-refractivity contribution in [1.29, 1.82) is 0 Å². The molecule has 0 bridgehead atoms. The number of rotatable bonds is 6. The van der Waals surface area contributed by atoms with Crippen molar-refractivity contribution in [1.82, 2.24) is 4.31 Å². The van der Waals surface area contributed by atoms with Gasteiger partial charge >= 0.3 is 5.97 Å². The summed E-state index contributed by atoms with van der Waals surface area (Å²) in [6.07, 6.45) is 0. The molecule has 2 rings (SSSR count). The molecule has 26 heavy (non-hydrogen) atoms. The van der Waals surface area contributed by atoms with Gasteiger partial charge in [0.25, 0.3) is 0 Å². The van der Waals surface area contributed by atoms with Gasteiger partial charge < -0.3 is 4.74 Å². The number of methoxy groups -OCH3 is 1. The summed E-state index contributed by atoms with van der Waals surface area (Å²) in [6, 6.07) is 12.4. The smallest absolute Gasteiger partial charge is 0.338 e. The van der Waals surface area contributed by atoms with Crippen LogP contribution in [0.2, 0.25) is 0 Å². The number of aryl methyl sites for hydroxylation is 1. The van der Waals surface area contributed by atoms with E-state index in [9.17, 15) is 13.2 Å². The van der Waals surface area contributed by atoms with Crippen molar-refractivity contribution in [2.24, 2.45) is 0 Å². The highest BCUT2D eigenvalue weighted by atomic mass is 32.2. The predicted octanol–water partition coefficient (Wildman–Crippen LogP) is 3.73. The zero-order valence-electron chi connectivity index (χ0n) is 15.8. The van der Waals surface area contributed by atoms with Crippen LogP contribution in [-0.4, -0.2) is 32.8 Å². The third kappa shape index (κ3) is 4.31. The second-order valence-corrected chi connectivity index (χ2v) is 8.67. The third-order valence-corrected chi connectivity index (χ3v) is 6.17. The predicted molar refractivity (Wildman–Crippen MR) is 102 cm³/mol. The Kier molecular flexibility index (Phi) is 6.21. The topological polar surface area (TPSA) is 63.7 Å². The van der Waals surface area contributed by atoms with Gasteiger partial charge in [-0.3, -0.25) is 0 Å². The normalized spacial score (nSPS) is 11.8. The van der Waals surface area contributed by atoms with E-state index < -0.39 is 16.0 Å². The molecule has 0 saturated carbocycles. The SMILES string of the molecule is COC(=O)c1cc(S(=O)(=O)N(C)Cc2ccc(C(C)C)cc2)ccc1C. The van der Waals surface area contributed by atoms with Crippen LogP contribution in [0.3, 0.4) is 0 Å². The average molecular weight is 375 g/mol. The average Bonchev–Trinajstić information content (AvgIpc) is 2.61. The van der Waals surface area contributed by atoms with Gasteiger partial charge in [0.2, 0.25) is 10.0 Å². The Balaban J connectivity index is 2.27. The number of benzene rings is 2. The molecule has 0 radical (unpaired) electrons. The second-order valence-electron chi connectivity index (χ2n) is 6.63. The van der Waals surface area contributed by atoms with Gasteiger partial charge in [0.05, 0.1) is 17.6 Å². The summed E-state index contributed by atoms with van der Waals surface area (Å²) in [5.74, 6) is -0.124. The van der Waals surface area contributed by atoms with E-state index >= 15 is 0 Å². The lowest BCUT2D eigenvalue weighted by Crippen LogP contribution is -2.26. The maximum absolute atomic E-state index is 12.9. The minimum atomic E-state index is -3.72. The van der Waals surface area contributed by atoms with Crippen LogP contribution in [0.15, 0.2) is 47.4 Å². The van der Waals surface area contributed by atoms with Crippen LogP contribution in [0.5, 0.6) is 0 Å². The Bertz CT molecular complexity index is 887. The minimum absolute atomic E-state index is 0.0739. The highest BCUT2D eigenvalue weighted by molar-refractivity contribution is 7.89. The molecule has 2 aromatic carbocycles. The number of nitrogens with zero attached hydrogens (tertiary/aromatic N) is 1. The molecule has 0 N–H and O–H groups in total. The molecule has 6 heteroatoms. The molecule has 0 saturated heterocycles. The van der Waals surface area contributed by atoms with Gasteiger partial charge in [-0.05, 0) is 41.7 Å². The summed E-state index contributed by atoms with van der Waals surface area (Å²) in [5, 5.41) is 0. The zero-order valence-corrected chi connectivity index (χ0v) is 16.6. The Morgan fingerprint density at radius 3 is 2.27 bits per heavy atom. The summed E-state index contributed by atoms with van der Waals surface area (Å²) in [6.45, 7) is 6.22. The van der Waals surface area contributed by atoms with Gasteiger partial charge in [-0.2, -0.15) is 4.31 Å². The van der Waals surface area contributed by atoms with E-state index in [0.29, 0.717) is 11.5 Å². The Morgan fingerprint density at radius 2 is 1.73 bits per heavy atom. The molecule has 0 aliphatic carbocycles. The van der Waals surface area contributed by atoms with E-state index in [1.165, 1.54) is 36.2 Å². The van der Waals surface area contributed by atoms with Crippen molar-refractivity contribution < 1.29 is 17.9 Å². The minimum Gasteiger partial charge on any atom is -0.465 e. The maximum atomic E-state index is 12.9. The summed E-state index contributed by atoms with van der Waals surface area (Å²) < 4.78 is 31.7. The first-order valence-electron chi connectivity index (χ1n) is 8.41. The number of carbonyl (C=O) groups is 1. The van der Waals surface area contributed by atoms with Crippen LogP contribution in [0, 0.1) is 6.92 Å². The molecule has 0 fully saturated rings. The Morgan fingerprint density at radius 1 is 1.12 bits per heavy atom. The fraction of sp³-hybridized carbons (Fsp3) is 0.350. The van der Waals surface area contributed by atoms with Gasteiger partial charge in [0.15, 0.2) is 0 Å². The lowest BCUT2D eigenvalue weighted by atomic mass is 10.0. The number of sulfonamides is 1. The number of ether oxygens (including phenoxy) is 1. The van der Waals surface area contributed by atoms with Crippen molar-refractivity contribution in [3.8, 4) is 0 Å². The molecule has 0 aromatic heterocycles. The van der Waals surface area contributed by atoms with Crippen molar-refractivity contribution in [3.05, 3.63) is 64.7 Å². The standard InChI is InChI=1S/C20H25NO4S/c1-14(2)17-9-7-16(8-10-17)13-21(4)26(23,24)18-11-6-15(3)19(12-18)20(22)25-5/h6-12,14H,13H2,1-5H3. The molecule has 0 heterocycles. The van der Waals surface area contributed by atoms with Crippen LogP contribution < -0.4 is 0 Å². The van der Waals surface area contributed by atoms with Crippen molar-refractivity contribution in [2.75, 3.05) is 14.2 Å². The quantitative estimate of drug-likeness (QED) is 0.722. The van der Waals surface area contributed by atoms with Crippen LogP contribution in [0.25, 0.3) is 0 Å². The van der Waals surface area contributed by atoms with Gasteiger partial charge in [-0.1, -0.05) is 44.2 Å². The van der Waals surface area contributed by atoms with E-state index in [2.05, 4.69) is 13.8 Å². The van der Waals surface area contributed by atoms with Gasteiger partial charge in [0.1, 0.15) is 0 Å².